The van der Waals surface area contributed by atoms with Gasteiger partial charge in [-0.3, -0.25) is 4.98 Å². The van der Waals surface area contributed by atoms with Crippen LogP contribution in [0.2, 0.25) is 5.02 Å². The molecule has 2 rings (SSSR count). The van der Waals surface area contributed by atoms with Crippen molar-refractivity contribution in [1.29, 1.82) is 0 Å². The SMILES string of the molecule is O=C[C@H](O)[C@@H](O)[C@H](O)[C@H](O)C(=O)O.Oc1c(I)cc(Cl)c2cccnc12. The van der Waals surface area contributed by atoms with Crippen LogP contribution in [0.4, 0.5) is 0 Å². The summed E-state index contributed by atoms with van der Waals surface area (Å²) in [7, 11) is 0. The van der Waals surface area contributed by atoms with Crippen LogP contribution in [0.5, 0.6) is 5.75 Å². The molecule has 0 saturated carbocycles. The summed E-state index contributed by atoms with van der Waals surface area (Å²) in [6.45, 7) is 0. The van der Waals surface area contributed by atoms with E-state index in [9.17, 15) is 14.7 Å². The second-order valence-electron chi connectivity index (χ2n) is 4.98. The highest BCUT2D eigenvalue weighted by Crippen LogP contribution is 2.33. The summed E-state index contributed by atoms with van der Waals surface area (Å²) in [4.78, 5) is 24.0. The van der Waals surface area contributed by atoms with Crippen molar-refractivity contribution in [2.24, 2.45) is 0 Å². The third kappa shape index (κ3) is 5.46. The van der Waals surface area contributed by atoms with Gasteiger partial charge in [0.05, 0.1) is 8.59 Å². The van der Waals surface area contributed by atoms with Crippen LogP contribution >= 0.6 is 34.2 Å². The van der Waals surface area contributed by atoms with E-state index in [2.05, 4.69) is 4.98 Å². The highest BCUT2D eigenvalue weighted by atomic mass is 127. The van der Waals surface area contributed by atoms with Crippen LogP contribution in [0.25, 0.3) is 10.9 Å². The smallest absolute Gasteiger partial charge is 0.335 e. The molecule has 1 heterocycles. The van der Waals surface area contributed by atoms with Gasteiger partial charge in [0, 0.05) is 11.6 Å². The fraction of sp³-hybridized carbons (Fsp3) is 0.267. The van der Waals surface area contributed by atoms with Crippen LogP contribution < -0.4 is 0 Å². The zero-order valence-electron chi connectivity index (χ0n) is 12.9. The number of nitrogens with zero attached hydrogens (tertiary/aromatic N) is 1. The number of aliphatic carboxylic acids is 1. The normalized spacial score (nSPS) is 15.3. The summed E-state index contributed by atoms with van der Waals surface area (Å²) < 4.78 is 0.716. The lowest BCUT2D eigenvalue weighted by atomic mass is 10.0. The molecule has 0 bridgehead atoms. The first-order valence-electron chi connectivity index (χ1n) is 6.93. The van der Waals surface area contributed by atoms with Gasteiger partial charge in [-0.15, -0.1) is 0 Å². The van der Waals surface area contributed by atoms with Crippen molar-refractivity contribution in [3.05, 3.63) is 33.0 Å². The molecule has 6 N–H and O–H groups in total. The standard InChI is InChI=1S/C9H5ClINO.C6H10O7/c10-6-4-7(11)9(13)8-5(6)2-1-3-12-8;7-1-2(8)3(9)4(10)5(11)6(12)13/h1-4,13H;1-5,8-11H,(H,12,13)/t;2-,3+,4-,5-/m.0/s1. The molecule has 0 saturated heterocycles. The summed E-state index contributed by atoms with van der Waals surface area (Å²) in [5.41, 5.74) is 0.555. The number of hydrogen-bond acceptors (Lipinski definition) is 8. The van der Waals surface area contributed by atoms with Crippen LogP contribution in [-0.2, 0) is 9.59 Å². The number of benzene rings is 1. The quantitative estimate of drug-likeness (QED) is 0.243. The Kier molecular flexibility index (Phi) is 8.59. The molecular formula is C15H15ClINO8. The summed E-state index contributed by atoms with van der Waals surface area (Å²) in [6.07, 6.45) is -6.76. The zero-order chi connectivity index (χ0) is 20.0. The largest absolute Gasteiger partial charge is 0.505 e. The Morgan fingerprint density at radius 3 is 2.38 bits per heavy atom. The number of phenolic OH excluding ortho intramolecular Hbond substituents is 1. The number of fused-ring (bicyclic) bond motifs is 1. The number of carbonyl (C=O) groups excluding carboxylic acids is 1. The molecule has 0 fully saturated rings. The first-order chi connectivity index (χ1) is 12.1. The highest BCUT2D eigenvalue weighted by molar-refractivity contribution is 14.1. The van der Waals surface area contributed by atoms with Crippen LogP contribution in [0.1, 0.15) is 0 Å². The van der Waals surface area contributed by atoms with Crippen molar-refractivity contribution in [1.82, 2.24) is 4.98 Å². The number of aromatic nitrogens is 1. The molecule has 0 amide bonds. The van der Waals surface area contributed by atoms with Crippen molar-refractivity contribution in [3.63, 3.8) is 0 Å². The molecule has 0 unspecified atom stereocenters. The Bertz CT molecular complexity index is 790. The summed E-state index contributed by atoms with van der Waals surface area (Å²) in [5.74, 6) is -1.56. The third-order valence-electron chi connectivity index (χ3n) is 3.18. The summed E-state index contributed by atoms with van der Waals surface area (Å²) in [5, 5.41) is 54.2. The van der Waals surface area contributed by atoms with Crippen LogP contribution in [-0.4, -0.2) is 72.3 Å². The molecule has 0 aliphatic heterocycles. The van der Waals surface area contributed by atoms with E-state index in [0.29, 0.717) is 14.1 Å². The molecule has 1 aromatic carbocycles. The molecule has 2 aromatic rings. The maximum absolute atomic E-state index is 10.1. The number of halogens is 2. The fourth-order valence-corrected chi connectivity index (χ4v) is 2.79. The lowest BCUT2D eigenvalue weighted by molar-refractivity contribution is -0.163. The number of pyridine rings is 1. The van der Waals surface area contributed by atoms with E-state index in [0.717, 1.165) is 5.39 Å². The molecule has 0 spiro atoms. The minimum absolute atomic E-state index is 0.0809. The van der Waals surface area contributed by atoms with Crippen LogP contribution in [0.15, 0.2) is 24.4 Å². The van der Waals surface area contributed by atoms with E-state index < -0.39 is 30.4 Å². The Morgan fingerprint density at radius 1 is 1.23 bits per heavy atom. The molecule has 26 heavy (non-hydrogen) atoms. The number of aromatic hydroxyl groups is 1. The zero-order valence-corrected chi connectivity index (χ0v) is 15.8. The van der Waals surface area contributed by atoms with Crippen molar-refractivity contribution in [2.75, 3.05) is 0 Å². The lowest BCUT2D eigenvalue weighted by Crippen LogP contribution is -2.48. The monoisotopic (exact) mass is 499 g/mol. The van der Waals surface area contributed by atoms with Gasteiger partial charge < -0.3 is 35.4 Å². The van der Waals surface area contributed by atoms with Crippen molar-refractivity contribution in [3.8, 4) is 5.75 Å². The van der Waals surface area contributed by atoms with E-state index in [4.69, 9.17) is 37.1 Å². The molecule has 0 radical (unpaired) electrons. The topological polar surface area (TPSA) is 168 Å². The second-order valence-corrected chi connectivity index (χ2v) is 6.55. The Labute approximate surface area is 165 Å². The number of aliphatic hydroxyl groups excluding tert-OH is 4. The number of phenols is 1. The molecule has 142 valence electrons. The maximum atomic E-state index is 10.1. The highest BCUT2D eigenvalue weighted by Gasteiger charge is 2.34. The number of carboxylic acid groups (broad SMARTS) is 1. The van der Waals surface area contributed by atoms with Gasteiger partial charge in [0.2, 0.25) is 0 Å². The number of aldehydes is 1. The first kappa shape index (κ1) is 22.5. The van der Waals surface area contributed by atoms with Gasteiger partial charge in [-0.1, -0.05) is 11.6 Å². The van der Waals surface area contributed by atoms with Gasteiger partial charge in [-0.2, -0.15) is 0 Å². The number of carboxylic acids is 1. The molecule has 0 aliphatic rings. The average molecular weight is 500 g/mol. The average Bonchev–Trinajstić information content (AvgIpc) is 2.64. The predicted octanol–water partition coefficient (Wildman–Crippen LogP) is -0.0881. The maximum Gasteiger partial charge on any atom is 0.335 e. The van der Waals surface area contributed by atoms with E-state index in [-0.39, 0.29) is 12.0 Å². The molecule has 11 heteroatoms. The van der Waals surface area contributed by atoms with Gasteiger partial charge in [-0.25, -0.2) is 4.79 Å². The Morgan fingerprint density at radius 2 is 1.85 bits per heavy atom. The second kappa shape index (κ2) is 9.94. The number of hydrogen-bond donors (Lipinski definition) is 6. The minimum Gasteiger partial charge on any atom is -0.505 e. The molecule has 0 aliphatic carbocycles. The number of aliphatic hydroxyl groups is 4. The van der Waals surface area contributed by atoms with Crippen molar-refractivity contribution in [2.45, 2.75) is 24.4 Å². The van der Waals surface area contributed by atoms with Crippen molar-refractivity contribution < 1.29 is 40.2 Å². The fourth-order valence-electron chi connectivity index (χ4n) is 1.77. The van der Waals surface area contributed by atoms with Gasteiger partial charge in [0.15, 0.2) is 18.1 Å². The summed E-state index contributed by atoms with van der Waals surface area (Å²) >= 11 is 8.00. The lowest BCUT2D eigenvalue weighted by Gasteiger charge is -2.21. The van der Waals surface area contributed by atoms with Crippen molar-refractivity contribution >= 4 is 57.4 Å². The number of carbonyl (C=O) groups is 2. The van der Waals surface area contributed by atoms with E-state index in [1.54, 1.807) is 18.3 Å². The number of rotatable bonds is 5. The van der Waals surface area contributed by atoms with Crippen LogP contribution in [0, 0.1) is 3.57 Å². The minimum atomic E-state index is -2.25. The Hall–Kier alpha value is -1.57. The van der Waals surface area contributed by atoms with Gasteiger partial charge in [-0.05, 0) is 40.8 Å². The van der Waals surface area contributed by atoms with E-state index in [1.165, 1.54) is 0 Å². The predicted molar refractivity (Wildman–Crippen MR) is 98.9 cm³/mol. The molecule has 4 atom stereocenters. The molecule has 1 aromatic heterocycles. The van der Waals surface area contributed by atoms with Gasteiger partial charge in [0.25, 0.3) is 0 Å². The first-order valence-corrected chi connectivity index (χ1v) is 8.39. The van der Waals surface area contributed by atoms with Gasteiger partial charge in [0.1, 0.15) is 23.8 Å². The van der Waals surface area contributed by atoms with E-state index in [1.807, 2.05) is 28.7 Å². The van der Waals surface area contributed by atoms with Gasteiger partial charge >= 0.3 is 5.97 Å². The summed E-state index contributed by atoms with van der Waals surface area (Å²) in [6, 6.07) is 5.35. The molecular weight excluding hydrogens is 485 g/mol. The van der Waals surface area contributed by atoms with E-state index >= 15 is 0 Å². The van der Waals surface area contributed by atoms with Crippen LogP contribution in [0.3, 0.4) is 0 Å². The third-order valence-corrected chi connectivity index (χ3v) is 4.32. The molecule has 9 nitrogen and oxygen atoms in total. The Balaban J connectivity index is 0.000000260.